The molecule has 1 saturated carbocycles. The lowest BCUT2D eigenvalue weighted by Crippen LogP contribution is -2.33. The molecule has 0 aromatic carbocycles. The van der Waals surface area contributed by atoms with Gasteiger partial charge in [-0.2, -0.15) is 0 Å². The van der Waals surface area contributed by atoms with Gasteiger partial charge in [-0.15, -0.1) is 0 Å². The average Bonchev–Trinajstić information content (AvgIpc) is 2.99. The van der Waals surface area contributed by atoms with E-state index in [9.17, 15) is 4.79 Å². The van der Waals surface area contributed by atoms with Crippen LogP contribution in [-0.4, -0.2) is 39.5 Å². The van der Waals surface area contributed by atoms with E-state index in [0.29, 0.717) is 24.8 Å². The van der Waals surface area contributed by atoms with Crippen molar-refractivity contribution in [1.82, 2.24) is 14.5 Å². The van der Waals surface area contributed by atoms with Crippen LogP contribution in [0, 0.1) is 0 Å². The monoisotopic (exact) mass is 222 g/mol. The van der Waals surface area contributed by atoms with Crippen LogP contribution in [-0.2, 0) is 6.54 Å². The fraction of sp³-hybridized carbons (Fsp3) is 0.636. The maximum absolute atomic E-state index is 12.1. The number of rotatable bonds is 5. The van der Waals surface area contributed by atoms with E-state index in [1.165, 1.54) is 0 Å². The van der Waals surface area contributed by atoms with Gasteiger partial charge in [-0.1, -0.05) is 0 Å². The molecule has 0 spiro atoms. The number of amides is 1. The minimum absolute atomic E-state index is 0.0424. The van der Waals surface area contributed by atoms with E-state index in [4.69, 9.17) is 5.73 Å². The average molecular weight is 222 g/mol. The highest BCUT2D eigenvalue weighted by Crippen LogP contribution is 2.27. The minimum atomic E-state index is 0.0424. The molecule has 2 N–H and O–H groups in total. The number of carbonyl (C=O) groups is 1. The quantitative estimate of drug-likeness (QED) is 0.787. The van der Waals surface area contributed by atoms with Gasteiger partial charge in [0.2, 0.25) is 0 Å². The molecule has 1 aromatic rings. The first-order valence-corrected chi connectivity index (χ1v) is 5.79. The zero-order chi connectivity index (χ0) is 11.5. The molecular formula is C11H18N4O. The lowest BCUT2D eigenvalue weighted by molar-refractivity contribution is 0.0747. The molecular weight excluding hydrogens is 204 g/mol. The van der Waals surface area contributed by atoms with Crippen molar-refractivity contribution < 1.29 is 4.79 Å². The predicted octanol–water partition coefficient (Wildman–Crippen LogP) is 0.466. The van der Waals surface area contributed by atoms with Crippen molar-refractivity contribution in [1.29, 1.82) is 0 Å². The van der Waals surface area contributed by atoms with Crippen molar-refractivity contribution >= 4 is 5.91 Å². The molecule has 0 atom stereocenters. The molecule has 0 saturated heterocycles. The van der Waals surface area contributed by atoms with Crippen LogP contribution in [0.1, 0.15) is 30.3 Å². The van der Waals surface area contributed by atoms with Crippen molar-refractivity contribution in [3.63, 3.8) is 0 Å². The van der Waals surface area contributed by atoms with E-state index in [2.05, 4.69) is 4.98 Å². The Labute approximate surface area is 95.2 Å². The van der Waals surface area contributed by atoms with Gasteiger partial charge in [0, 0.05) is 31.9 Å². The molecule has 88 valence electrons. The molecule has 2 rings (SSSR count). The molecule has 1 aliphatic carbocycles. The Balaban J connectivity index is 2.06. The van der Waals surface area contributed by atoms with Gasteiger partial charge in [-0.05, 0) is 19.8 Å². The summed E-state index contributed by atoms with van der Waals surface area (Å²) < 4.78 is 1.86. The Hall–Kier alpha value is -1.36. The van der Waals surface area contributed by atoms with E-state index in [0.717, 1.165) is 19.4 Å². The van der Waals surface area contributed by atoms with Crippen LogP contribution in [0.3, 0.4) is 0 Å². The SMILES string of the molecule is CCN(C(=O)c1cn(CCN)cn1)C1CC1. The highest BCUT2D eigenvalue weighted by atomic mass is 16.2. The second kappa shape index (κ2) is 4.65. The summed E-state index contributed by atoms with van der Waals surface area (Å²) in [4.78, 5) is 18.1. The predicted molar refractivity (Wildman–Crippen MR) is 61.0 cm³/mol. The molecule has 0 bridgehead atoms. The van der Waals surface area contributed by atoms with E-state index in [1.807, 2.05) is 16.4 Å². The normalized spacial score (nSPS) is 15.1. The van der Waals surface area contributed by atoms with Crippen LogP contribution in [0.2, 0.25) is 0 Å². The Kier molecular flexibility index (Phi) is 3.24. The van der Waals surface area contributed by atoms with Crippen LogP contribution in [0.15, 0.2) is 12.5 Å². The van der Waals surface area contributed by atoms with Crippen molar-refractivity contribution in [2.75, 3.05) is 13.1 Å². The summed E-state index contributed by atoms with van der Waals surface area (Å²) in [5.74, 6) is 0.0424. The van der Waals surface area contributed by atoms with Gasteiger partial charge in [0.15, 0.2) is 0 Å². The number of nitrogens with zero attached hydrogens (tertiary/aromatic N) is 3. The molecule has 1 aliphatic rings. The van der Waals surface area contributed by atoms with Crippen molar-refractivity contribution in [3.8, 4) is 0 Å². The van der Waals surface area contributed by atoms with Crippen LogP contribution in [0.25, 0.3) is 0 Å². The maximum Gasteiger partial charge on any atom is 0.274 e. The first kappa shape index (κ1) is 11.1. The topological polar surface area (TPSA) is 64.2 Å². The van der Waals surface area contributed by atoms with Gasteiger partial charge >= 0.3 is 0 Å². The van der Waals surface area contributed by atoms with Gasteiger partial charge in [0.25, 0.3) is 5.91 Å². The van der Waals surface area contributed by atoms with Gasteiger partial charge in [-0.25, -0.2) is 4.98 Å². The highest BCUT2D eigenvalue weighted by molar-refractivity contribution is 5.92. The lowest BCUT2D eigenvalue weighted by Gasteiger charge is -2.18. The van der Waals surface area contributed by atoms with E-state index >= 15 is 0 Å². The smallest absolute Gasteiger partial charge is 0.274 e. The van der Waals surface area contributed by atoms with Gasteiger partial charge < -0.3 is 15.2 Å². The molecule has 0 radical (unpaired) electrons. The van der Waals surface area contributed by atoms with E-state index in [-0.39, 0.29) is 5.91 Å². The summed E-state index contributed by atoms with van der Waals surface area (Å²) in [5.41, 5.74) is 5.98. The van der Waals surface area contributed by atoms with Crippen molar-refractivity contribution in [2.45, 2.75) is 32.4 Å². The standard InChI is InChI=1S/C11H18N4O/c1-2-15(9-3-4-9)11(16)10-7-14(6-5-12)8-13-10/h7-9H,2-6,12H2,1H3. The van der Waals surface area contributed by atoms with Gasteiger partial charge in [0.1, 0.15) is 5.69 Å². The minimum Gasteiger partial charge on any atom is -0.335 e. The summed E-state index contributed by atoms with van der Waals surface area (Å²) in [6.45, 7) is 4.03. The third-order valence-corrected chi connectivity index (χ3v) is 2.83. The largest absolute Gasteiger partial charge is 0.335 e. The fourth-order valence-electron chi connectivity index (χ4n) is 1.84. The molecule has 1 amide bonds. The number of imidazole rings is 1. The second-order valence-electron chi connectivity index (χ2n) is 4.11. The first-order chi connectivity index (χ1) is 7.76. The third-order valence-electron chi connectivity index (χ3n) is 2.83. The Morgan fingerprint density at radius 3 is 3.00 bits per heavy atom. The molecule has 1 fully saturated rings. The van der Waals surface area contributed by atoms with Crippen LogP contribution in [0.5, 0.6) is 0 Å². The molecule has 1 aromatic heterocycles. The maximum atomic E-state index is 12.1. The third kappa shape index (κ3) is 2.24. The summed E-state index contributed by atoms with van der Waals surface area (Å²) in [6, 6.07) is 0.442. The molecule has 16 heavy (non-hydrogen) atoms. The van der Waals surface area contributed by atoms with Crippen LogP contribution >= 0.6 is 0 Å². The van der Waals surface area contributed by atoms with Crippen molar-refractivity contribution in [2.24, 2.45) is 5.73 Å². The zero-order valence-corrected chi connectivity index (χ0v) is 9.59. The number of hydrogen-bond donors (Lipinski definition) is 1. The molecule has 1 heterocycles. The number of aromatic nitrogens is 2. The molecule has 5 heteroatoms. The summed E-state index contributed by atoms with van der Waals surface area (Å²) >= 11 is 0. The Morgan fingerprint density at radius 1 is 1.69 bits per heavy atom. The number of nitrogens with two attached hydrogens (primary N) is 1. The Bertz CT molecular complexity index is 370. The van der Waals surface area contributed by atoms with Gasteiger partial charge in [-0.3, -0.25) is 4.79 Å². The summed E-state index contributed by atoms with van der Waals surface area (Å²) in [6.07, 6.45) is 5.70. The Morgan fingerprint density at radius 2 is 2.44 bits per heavy atom. The lowest BCUT2D eigenvalue weighted by atomic mass is 10.3. The summed E-state index contributed by atoms with van der Waals surface area (Å²) in [7, 11) is 0. The highest BCUT2D eigenvalue weighted by Gasteiger charge is 2.32. The van der Waals surface area contributed by atoms with E-state index < -0.39 is 0 Å². The van der Waals surface area contributed by atoms with Crippen molar-refractivity contribution in [3.05, 3.63) is 18.2 Å². The number of carbonyl (C=O) groups excluding carboxylic acids is 1. The molecule has 0 aliphatic heterocycles. The molecule has 5 nitrogen and oxygen atoms in total. The zero-order valence-electron chi connectivity index (χ0n) is 9.59. The number of hydrogen-bond acceptors (Lipinski definition) is 3. The molecule has 0 unspecified atom stereocenters. The first-order valence-electron chi connectivity index (χ1n) is 5.79. The van der Waals surface area contributed by atoms with E-state index in [1.54, 1.807) is 12.5 Å². The summed E-state index contributed by atoms with van der Waals surface area (Å²) in [5, 5.41) is 0. The second-order valence-corrected chi connectivity index (χ2v) is 4.11. The van der Waals surface area contributed by atoms with Crippen LogP contribution in [0.4, 0.5) is 0 Å². The van der Waals surface area contributed by atoms with Gasteiger partial charge in [0.05, 0.1) is 6.33 Å². The van der Waals surface area contributed by atoms with Crippen LogP contribution < -0.4 is 5.73 Å². The fourth-order valence-corrected chi connectivity index (χ4v) is 1.84.